The highest BCUT2D eigenvalue weighted by molar-refractivity contribution is 5.94. The lowest BCUT2D eigenvalue weighted by Gasteiger charge is -2.26. The zero-order valence-electron chi connectivity index (χ0n) is 13.1. The summed E-state index contributed by atoms with van der Waals surface area (Å²) in [6, 6.07) is 8.17. The summed E-state index contributed by atoms with van der Waals surface area (Å²) in [7, 11) is 0. The number of nitrogens with zero attached hydrogens (tertiary/aromatic N) is 1. The van der Waals surface area contributed by atoms with Gasteiger partial charge in [-0.2, -0.15) is 0 Å². The van der Waals surface area contributed by atoms with Crippen molar-refractivity contribution in [1.29, 1.82) is 0 Å². The number of morpholine rings is 1. The predicted molar refractivity (Wildman–Crippen MR) is 84.4 cm³/mol. The second-order valence-corrected chi connectivity index (χ2v) is 5.75. The fraction of sp³-hybridized carbons (Fsp3) is 0.588. The van der Waals surface area contributed by atoms with Gasteiger partial charge in [-0.1, -0.05) is 25.5 Å². The highest BCUT2D eigenvalue weighted by atomic mass is 16.5. The fourth-order valence-corrected chi connectivity index (χ4v) is 2.59. The molecule has 0 unspecified atom stereocenters. The number of ether oxygens (including phenoxy) is 1. The Labute approximate surface area is 127 Å². The average Bonchev–Trinajstić information content (AvgIpc) is 2.49. The maximum absolute atomic E-state index is 12.1. The minimum absolute atomic E-state index is 0.0221. The Kier molecular flexibility index (Phi) is 6.21. The molecule has 1 aliphatic heterocycles. The number of carbonyl (C=O) groups is 1. The number of carbonyl (C=O) groups excluding carboxylic acids is 1. The second kappa shape index (κ2) is 8.15. The number of amides is 1. The fourth-order valence-electron chi connectivity index (χ4n) is 2.59. The van der Waals surface area contributed by atoms with E-state index in [0.29, 0.717) is 0 Å². The molecule has 0 spiro atoms. The van der Waals surface area contributed by atoms with E-state index in [1.165, 1.54) is 5.56 Å². The van der Waals surface area contributed by atoms with Gasteiger partial charge in [0.25, 0.3) is 5.91 Å². The van der Waals surface area contributed by atoms with Crippen LogP contribution in [-0.2, 0) is 11.3 Å². The number of hydrogen-bond donors (Lipinski definition) is 1. The molecular formula is C17H26N2O2. The topological polar surface area (TPSA) is 41.6 Å². The van der Waals surface area contributed by atoms with E-state index in [-0.39, 0.29) is 11.9 Å². The molecule has 1 heterocycles. The monoisotopic (exact) mass is 290 g/mol. The maximum atomic E-state index is 12.1. The van der Waals surface area contributed by atoms with Crippen molar-refractivity contribution in [1.82, 2.24) is 10.2 Å². The lowest BCUT2D eigenvalue weighted by molar-refractivity contribution is 0.0342. The minimum atomic E-state index is 0.0221. The van der Waals surface area contributed by atoms with Crippen molar-refractivity contribution in [2.45, 2.75) is 39.3 Å². The molecule has 0 radical (unpaired) electrons. The first-order chi connectivity index (χ1) is 10.2. The third-order valence-corrected chi connectivity index (χ3v) is 3.83. The van der Waals surface area contributed by atoms with Gasteiger partial charge in [-0.25, -0.2) is 0 Å². The van der Waals surface area contributed by atoms with Crippen LogP contribution in [0.25, 0.3) is 0 Å². The highest BCUT2D eigenvalue weighted by Gasteiger charge is 2.12. The van der Waals surface area contributed by atoms with Crippen molar-refractivity contribution >= 4 is 5.91 Å². The van der Waals surface area contributed by atoms with Gasteiger partial charge in [-0.05, 0) is 31.0 Å². The molecule has 116 valence electrons. The molecular weight excluding hydrogens is 264 g/mol. The number of benzene rings is 1. The van der Waals surface area contributed by atoms with E-state index < -0.39 is 0 Å². The van der Waals surface area contributed by atoms with Gasteiger partial charge in [0.05, 0.1) is 13.2 Å². The highest BCUT2D eigenvalue weighted by Crippen LogP contribution is 2.10. The summed E-state index contributed by atoms with van der Waals surface area (Å²) in [6.45, 7) is 8.70. The Morgan fingerprint density at radius 1 is 1.29 bits per heavy atom. The van der Waals surface area contributed by atoms with E-state index in [1.807, 2.05) is 19.1 Å². The maximum Gasteiger partial charge on any atom is 0.251 e. The minimum Gasteiger partial charge on any atom is -0.379 e. The summed E-state index contributed by atoms with van der Waals surface area (Å²) in [4.78, 5) is 14.5. The van der Waals surface area contributed by atoms with Crippen LogP contribution in [0.15, 0.2) is 24.3 Å². The smallest absolute Gasteiger partial charge is 0.251 e. The Morgan fingerprint density at radius 3 is 2.57 bits per heavy atom. The zero-order valence-corrected chi connectivity index (χ0v) is 13.1. The molecule has 0 aromatic heterocycles. The quantitative estimate of drug-likeness (QED) is 0.875. The van der Waals surface area contributed by atoms with E-state index in [1.54, 1.807) is 0 Å². The predicted octanol–water partition coefficient (Wildman–Crippen LogP) is 2.44. The van der Waals surface area contributed by atoms with Gasteiger partial charge in [-0.3, -0.25) is 9.69 Å². The lowest BCUT2D eigenvalue weighted by atomic mass is 10.1. The van der Waals surface area contributed by atoms with Crippen LogP contribution in [0.4, 0.5) is 0 Å². The molecule has 4 nitrogen and oxygen atoms in total. The first-order valence-corrected chi connectivity index (χ1v) is 7.89. The van der Waals surface area contributed by atoms with Gasteiger partial charge in [0.15, 0.2) is 0 Å². The molecule has 0 saturated carbocycles. The molecule has 21 heavy (non-hydrogen) atoms. The summed E-state index contributed by atoms with van der Waals surface area (Å²) in [5, 5.41) is 3.03. The van der Waals surface area contributed by atoms with E-state index in [9.17, 15) is 4.79 Å². The Hall–Kier alpha value is -1.39. The zero-order chi connectivity index (χ0) is 15.1. The molecule has 1 fully saturated rings. The van der Waals surface area contributed by atoms with Crippen LogP contribution in [0.1, 0.15) is 42.6 Å². The molecule has 1 aromatic rings. The largest absolute Gasteiger partial charge is 0.379 e. The van der Waals surface area contributed by atoms with Crippen LogP contribution in [0.5, 0.6) is 0 Å². The van der Waals surface area contributed by atoms with Crippen molar-refractivity contribution in [3.63, 3.8) is 0 Å². The number of rotatable bonds is 6. The summed E-state index contributed by atoms with van der Waals surface area (Å²) < 4.78 is 5.35. The van der Waals surface area contributed by atoms with Crippen molar-refractivity contribution in [2.75, 3.05) is 26.3 Å². The van der Waals surface area contributed by atoms with Gasteiger partial charge in [0, 0.05) is 31.2 Å². The number of hydrogen-bond acceptors (Lipinski definition) is 3. The standard InChI is InChI=1S/C17H26N2O2/c1-3-4-14(2)18-17(20)16-7-5-15(6-8-16)13-19-9-11-21-12-10-19/h5-8,14H,3-4,9-13H2,1-2H3,(H,18,20)/t14-/m0/s1. The Bertz CT molecular complexity index is 439. The lowest BCUT2D eigenvalue weighted by Crippen LogP contribution is -2.35. The summed E-state index contributed by atoms with van der Waals surface area (Å²) in [6.07, 6.45) is 2.10. The van der Waals surface area contributed by atoms with Gasteiger partial charge >= 0.3 is 0 Å². The molecule has 1 aromatic carbocycles. The summed E-state index contributed by atoms with van der Waals surface area (Å²) in [5.41, 5.74) is 1.98. The molecule has 0 aliphatic carbocycles. The summed E-state index contributed by atoms with van der Waals surface area (Å²) in [5.74, 6) is 0.0221. The van der Waals surface area contributed by atoms with Crippen molar-refractivity contribution < 1.29 is 9.53 Å². The van der Waals surface area contributed by atoms with Crippen LogP contribution in [0, 0.1) is 0 Å². The Balaban J connectivity index is 1.87. The first kappa shape index (κ1) is 16.0. The number of nitrogens with one attached hydrogen (secondary N) is 1. The third kappa shape index (κ3) is 5.14. The molecule has 2 rings (SSSR count). The molecule has 1 saturated heterocycles. The molecule has 1 amide bonds. The second-order valence-electron chi connectivity index (χ2n) is 5.75. The molecule has 0 bridgehead atoms. The molecule has 4 heteroatoms. The summed E-state index contributed by atoms with van der Waals surface area (Å²) >= 11 is 0. The SMILES string of the molecule is CCC[C@H](C)NC(=O)c1ccc(CN2CCOCC2)cc1. The normalized spacial score (nSPS) is 17.4. The van der Waals surface area contributed by atoms with Crippen LogP contribution in [0.2, 0.25) is 0 Å². The van der Waals surface area contributed by atoms with E-state index in [0.717, 1.165) is 51.3 Å². The first-order valence-electron chi connectivity index (χ1n) is 7.89. The molecule has 1 aliphatic rings. The van der Waals surface area contributed by atoms with Gasteiger partial charge in [0.1, 0.15) is 0 Å². The van der Waals surface area contributed by atoms with E-state index in [4.69, 9.17) is 4.74 Å². The van der Waals surface area contributed by atoms with Gasteiger partial charge in [0.2, 0.25) is 0 Å². The Morgan fingerprint density at radius 2 is 1.95 bits per heavy atom. The van der Waals surface area contributed by atoms with E-state index >= 15 is 0 Å². The van der Waals surface area contributed by atoms with E-state index in [2.05, 4.69) is 29.3 Å². The van der Waals surface area contributed by atoms with Gasteiger partial charge in [-0.15, -0.1) is 0 Å². The third-order valence-electron chi connectivity index (χ3n) is 3.83. The van der Waals surface area contributed by atoms with Gasteiger partial charge < -0.3 is 10.1 Å². The average molecular weight is 290 g/mol. The van der Waals surface area contributed by atoms with Crippen LogP contribution >= 0.6 is 0 Å². The van der Waals surface area contributed by atoms with Crippen LogP contribution < -0.4 is 5.32 Å². The van der Waals surface area contributed by atoms with Crippen LogP contribution in [-0.4, -0.2) is 43.2 Å². The van der Waals surface area contributed by atoms with Crippen molar-refractivity contribution in [3.05, 3.63) is 35.4 Å². The molecule has 1 N–H and O–H groups in total. The van der Waals surface area contributed by atoms with Crippen LogP contribution in [0.3, 0.4) is 0 Å². The van der Waals surface area contributed by atoms with Crippen molar-refractivity contribution in [2.24, 2.45) is 0 Å². The van der Waals surface area contributed by atoms with Crippen molar-refractivity contribution in [3.8, 4) is 0 Å². The molecule has 1 atom stereocenters.